The molecule has 0 radical (unpaired) electrons. The van der Waals surface area contributed by atoms with E-state index in [4.69, 9.17) is 0 Å². The van der Waals surface area contributed by atoms with Crippen LogP contribution < -0.4 is 5.32 Å². The monoisotopic (exact) mass is 213 g/mol. The van der Waals surface area contributed by atoms with Gasteiger partial charge >= 0.3 is 0 Å². The predicted octanol–water partition coefficient (Wildman–Crippen LogP) is 4.23. The van der Waals surface area contributed by atoms with Crippen molar-refractivity contribution in [2.75, 3.05) is 6.54 Å². The van der Waals surface area contributed by atoms with Crippen LogP contribution in [0.1, 0.15) is 67.2 Å². The van der Waals surface area contributed by atoms with Crippen molar-refractivity contribution in [2.24, 2.45) is 11.8 Å². The van der Waals surface area contributed by atoms with Gasteiger partial charge in [0, 0.05) is 5.54 Å². The fraction of sp³-hybridized carbons (Fsp3) is 1.00. The summed E-state index contributed by atoms with van der Waals surface area (Å²) in [6, 6.07) is 0. The van der Waals surface area contributed by atoms with Gasteiger partial charge in [-0.05, 0) is 52.0 Å². The highest BCUT2D eigenvalue weighted by atomic mass is 14.9. The van der Waals surface area contributed by atoms with E-state index in [0.717, 1.165) is 18.4 Å². The van der Waals surface area contributed by atoms with Crippen LogP contribution in [0, 0.1) is 11.8 Å². The van der Waals surface area contributed by atoms with Gasteiger partial charge < -0.3 is 5.32 Å². The molecule has 0 aliphatic heterocycles. The fourth-order valence-electron chi connectivity index (χ4n) is 2.11. The summed E-state index contributed by atoms with van der Waals surface area (Å²) < 4.78 is 0. The zero-order valence-electron chi connectivity index (χ0n) is 11.7. The van der Waals surface area contributed by atoms with Crippen LogP contribution in [0.15, 0.2) is 0 Å². The van der Waals surface area contributed by atoms with Crippen molar-refractivity contribution >= 4 is 0 Å². The first kappa shape index (κ1) is 15.0. The molecule has 0 aromatic rings. The van der Waals surface area contributed by atoms with Crippen molar-refractivity contribution in [1.82, 2.24) is 5.32 Å². The smallest absolute Gasteiger partial charge is 0.00965 e. The fourth-order valence-corrected chi connectivity index (χ4v) is 2.11. The summed E-state index contributed by atoms with van der Waals surface area (Å²) >= 11 is 0. The first-order valence-corrected chi connectivity index (χ1v) is 6.60. The molecule has 15 heavy (non-hydrogen) atoms. The maximum atomic E-state index is 3.56. The second-order valence-electron chi connectivity index (χ2n) is 6.20. The molecule has 0 heterocycles. The van der Waals surface area contributed by atoms with Gasteiger partial charge in [-0.25, -0.2) is 0 Å². The summed E-state index contributed by atoms with van der Waals surface area (Å²) in [7, 11) is 0. The van der Waals surface area contributed by atoms with Crippen molar-refractivity contribution in [1.29, 1.82) is 0 Å². The topological polar surface area (TPSA) is 12.0 Å². The molecule has 92 valence electrons. The Bertz CT molecular complexity index is 146. The summed E-state index contributed by atoms with van der Waals surface area (Å²) in [6.45, 7) is 14.9. The molecule has 1 nitrogen and oxygen atoms in total. The van der Waals surface area contributed by atoms with Gasteiger partial charge in [0.15, 0.2) is 0 Å². The van der Waals surface area contributed by atoms with E-state index in [1.54, 1.807) is 0 Å². The van der Waals surface area contributed by atoms with Gasteiger partial charge in [0.1, 0.15) is 0 Å². The second kappa shape index (κ2) is 7.27. The van der Waals surface area contributed by atoms with Crippen LogP contribution in [0.2, 0.25) is 0 Å². The van der Waals surface area contributed by atoms with E-state index in [-0.39, 0.29) is 5.54 Å². The standard InChI is InChI=1S/C14H31N/c1-7-8-12(2)11-13(3)9-10-15-14(4,5)6/h12-13,15H,7-11H2,1-6H3. The lowest BCUT2D eigenvalue weighted by molar-refractivity contribution is 0.345. The van der Waals surface area contributed by atoms with Gasteiger partial charge in [-0.3, -0.25) is 0 Å². The maximum absolute atomic E-state index is 3.56. The molecule has 2 atom stereocenters. The van der Waals surface area contributed by atoms with Gasteiger partial charge in [-0.1, -0.05) is 33.6 Å². The van der Waals surface area contributed by atoms with Crippen LogP contribution in [0.25, 0.3) is 0 Å². The highest BCUT2D eigenvalue weighted by molar-refractivity contribution is 4.71. The minimum Gasteiger partial charge on any atom is -0.312 e. The molecule has 0 amide bonds. The minimum absolute atomic E-state index is 0.273. The molecule has 0 fully saturated rings. The lowest BCUT2D eigenvalue weighted by Gasteiger charge is -2.23. The lowest BCUT2D eigenvalue weighted by Crippen LogP contribution is -2.36. The quantitative estimate of drug-likeness (QED) is 0.667. The van der Waals surface area contributed by atoms with E-state index in [9.17, 15) is 0 Å². The largest absolute Gasteiger partial charge is 0.312 e. The maximum Gasteiger partial charge on any atom is 0.00965 e. The van der Waals surface area contributed by atoms with E-state index in [1.807, 2.05) is 0 Å². The normalized spacial score (nSPS) is 16.4. The summed E-state index contributed by atoms with van der Waals surface area (Å²) in [5, 5.41) is 3.56. The first-order chi connectivity index (χ1) is 6.85. The van der Waals surface area contributed by atoms with Crippen molar-refractivity contribution < 1.29 is 0 Å². The summed E-state index contributed by atoms with van der Waals surface area (Å²) in [6.07, 6.45) is 5.41. The minimum atomic E-state index is 0.273. The van der Waals surface area contributed by atoms with Crippen molar-refractivity contribution in [3.63, 3.8) is 0 Å². The molecule has 2 unspecified atom stereocenters. The van der Waals surface area contributed by atoms with Gasteiger partial charge in [-0.15, -0.1) is 0 Å². The second-order valence-corrected chi connectivity index (χ2v) is 6.20. The van der Waals surface area contributed by atoms with E-state index in [2.05, 4.69) is 46.9 Å². The third-order valence-electron chi connectivity index (χ3n) is 2.88. The summed E-state index contributed by atoms with van der Waals surface area (Å²) in [5.41, 5.74) is 0.273. The molecule has 0 aliphatic rings. The van der Waals surface area contributed by atoms with Crippen molar-refractivity contribution in [3.8, 4) is 0 Å². The predicted molar refractivity (Wildman–Crippen MR) is 70.2 cm³/mol. The molecule has 1 heteroatoms. The van der Waals surface area contributed by atoms with Gasteiger partial charge in [0.25, 0.3) is 0 Å². The molecule has 0 spiro atoms. The lowest BCUT2D eigenvalue weighted by atomic mass is 9.91. The van der Waals surface area contributed by atoms with Crippen LogP contribution in [0.3, 0.4) is 0 Å². The molecular weight excluding hydrogens is 182 g/mol. The molecule has 0 saturated carbocycles. The molecule has 0 aromatic heterocycles. The Morgan fingerprint density at radius 2 is 1.53 bits per heavy atom. The molecule has 1 N–H and O–H groups in total. The average molecular weight is 213 g/mol. The summed E-state index contributed by atoms with van der Waals surface area (Å²) in [4.78, 5) is 0. The van der Waals surface area contributed by atoms with Crippen molar-refractivity contribution in [3.05, 3.63) is 0 Å². The SMILES string of the molecule is CCCC(C)CC(C)CCNC(C)(C)C. The Morgan fingerprint density at radius 3 is 2.00 bits per heavy atom. The molecule has 0 bridgehead atoms. The van der Waals surface area contributed by atoms with Crippen LogP contribution in [-0.2, 0) is 0 Å². The number of rotatable bonds is 7. The zero-order valence-corrected chi connectivity index (χ0v) is 11.7. The zero-order chi connectivity index (χ0) is 11.9. The first-order valence-electron chi connectivity index (χ1n) is 6.60. The Hall–Kier alpha value is -0.0400. The highest BCUT2D eigenvalue weighted by Crippen LogP contribution is 2.18. The van der Waals surface area contributed by atoms with Crippen LogP contribution in [-0.4, -0.2) is 12.1 Å². The molecule has 0 rings (SSSR count). The van der Waals surface area contributed by atoms with Crippen LogP contribution in [0.4, 0.5) is 0 Å². The highest BCUT2D eigenvalue weighted by Gasteiger charge is 2.11. The van der Waals surface area contributed by atoms with Gasteiger partial charge in [0.2, 0.25) is 0 Å². The van der Waals surface area contributed by atoms with Crippen LogP contribution in [0.5, 0.6) is 0 Å². The number of hydrogen-bond donors (Lipinski definition) is 1. The van der Waals surface area contributed by atoms with E-state index in [0.29, 0.717) is 0 Å². The van der Waals surface area contributed by atoms with E-state index >= 15 is 0 Å². The van der Waals surface area contributed by atoms with E-state index < -0.39 is 0 Å². The number of hydrogen-bond acceptors (Lipinski definition) is 1. The Morgan fingerprint density at radius 1 is 1.00 bits per heavy atom. The number of nitrogens with one attached hydrogen (secondary N) is 1. The third-order valence-corrected chi connectivity index (χ3v) is 2.88. The molecule has 0 aromatic carbocycles. The van der Waals surface area contributed by atoms with Gasteiger partial charge in [-0.2, -0.15) is 0 Å². The Kier molecular flexibility index (Phi) is 7.25. The Labute approximate surface area is 97.0 Å². The Balaban J connectivity index is 3.53. The van der Waals surface area contributed by atoms with Crippen molar-refractivity contribution in [2.45, 2.75) is 72.8 Å². The van der Waals surface area contributed by atoms with Gasteiger partial charge in [0.05, 0.1) is 0 Å². The summed E-state index contributed by atoms with van der Waals surface area (Å²) in [5.74, 6) is 1.76. The average Bonchev–Trinajstić information content (AvgIpc) is 2.01. The third kappa shape index (κ3) is 10.2. The molecular formula is C14H31N. The molecule has 0 aliphatic carbocycles. The molecule has 0 saturated heterocycles. The van der Waals surface area contributed by atoms with Crippen LogP contribution >= 0.6 is 0 Å². The van der Waals surface area contributed by atoms with E-state index in [1.165, 1.54) is 25.7 Å².